The quantitative estimate of drug-likeness (QED) is 0.670. The van der Waals surface area contributed by atoms with Gasteiger partial charge in [-0.25, -0.2) is 9.37 Å². The van der Waals surface area contributed by atoms with Crippen LogP contribution in [-0.2, 0) is 11.3 Å². The Balaban J connectivity index is 1.34. The Morgan fingerprint density at radius 3 is 2.76 bits per heavy atom. The highest BCUT2D eigenvalue weighted by Gasteiger charge is 2.25. The van der Waals surface area contributed by atoms with E-state index in [4.69, 9.17) is 11.6 Å². The molecule has 7 heteroatoms. The van der Waals surface area contributed by atoms with Gasteiger partial charge in [-0.05, 0) is 48.7 Å². The van der Waals surface area contributed by atoms with Crippen LogP contribution in [0.1, 0.15) is 18.4 Å². The Labute approximate surface area is 173 Å². The smallest absolute Gasteiger partial charge is 0.223 e. The van der Waals surface area contributed by atoms with E-state index >= 15 is 0 Å². The van der Waals surface area contributed by atoms with Crippen LogP contribution in [0.2, 0.25) is 5.02 Å². The summed E-state index contributed by atoms with van der Waals surface area (Å²) in [4.78, 5) is 19.2. The van der Waals surface area contributed by atoms with Gasteiger partial charge in [0.05, 0.1) is 5.02 Å². The molecule has 0 unspecified atom stereocenters. The molecule has 0 bridgehead atoms. The maximum atomic E-state index is 13.2. The van der Waals surface area contributed by atoms with Crippen molar-refractivity contribution in [3.63, 3.8) is 0 Å². The Bertz CT molecular complexity index is 1050. The highest BCUT2D eigenvalue weighted by atomic mass is 35.5. The van der Waals surface area contributed by atoms with Gasteiger partial charge in [0.15, 0.2) is 0 Å². The number of halogens is 2. The summed E-state index contributed by atoms with van der Waals surface area (Å²) in [6.45, 7) is 1.75. The highest BCUT2D eigenvalue weighted by Crippen LogP contribution is 2.28. The molecule has 5 nitrogen and oxygen atoms in total. The van der Waals surface area contributed by atoms with E-state index in [2.05, 4.69) is 15.2 Å². The molecule has 1 aromatic heterocycles. The lowest BCUT2D eigenvalue weighted by Crippen LogP contribution is -2.40. The number of rotatable bonds is 4. The van der Waals surface area contributed by atoms with Gasteiger partial charge >= 0.3 is 0 Å². The lowest BCUT2D eigenvalue weighted by Gasteiger charge is -2.32. The molecule has 1 aliphatic rings. The van der Waals surface area contributed by atoms with E-state index < -0.39 is 5.82 Å². The third-order valence-electron chi connectivity index (χ3n) is 5.32. The van der Waals surface area contributed by atoms with Gasteiger partial charge in [0.2, 0.25) is 5.91 Å². The van der Waals surface area contributed by atoms with E-state index in [0.29, 0.717) is 25.2 Å². The lowest BCUT2D eigenvalue weighted by atomic mass is 9.95. The van der Waals surface area contributed by atoms with Crippen LogP contribution < -0.4 is 10.2 Å². The number of carbonyl (C=O) groups excluding carboxylic acids is 1. The number of aromatic nitrogens is 1. The molecule has 150 valence electrons. The second-order valence-electron chi connectivity index (χ2n) is 7.25. The van der Waals surface area contributed by atoms with Gasteiger partial charge in [-0.2, -0.15) is 0 Å². The number of amides is 1. The minimum Gasteiger partial charge on any atom is -0.506 e. The normalized spacial score (nSPS) is 14.9. The van der Waals surface area contributed by atoms with Crippen molar-refractivity contribution in [2.75, 3.05) is 18.0 Å². The number of piperidine rings is 1. The summed E-state index contributed by atoms with van der Waals surface area (Å²) in [7, 11) is 0. The molecule has 2 aromatic carbocycles. The van der Waals surface area contributed by atoms with Crippen LogP contribution in [0.25, 0.3) is 10.9 Å². The number of para-hydroxylation sites is 1. The summed E-state index contributed by atoms with van der Waals surface area (Å²) >= 11 is 5.78. The van der Waals surface area contributed by atoms with Crippen molar-refractivity contribution < 1.29 is 14.3 Å². The molecule has 0 atom stereocenters. The van der Waals surface area contributed by atoms with Crippen LogP contribution in [-0.4, -0.2) is 29.1 Å². The van der Waals surface area contributed by atoms with Gasteiger partial charge in [0.25, 0.3) is 0 Å². The van der Waals surface area contributed by atoms with Crippen molar-refractivity contribution in [2.24, 2.45) is 5.92 Å². The molecular weight excluding hydrogens is 393 g/mol. The predicted octanol–water partition coefficient (Wildman–Crippen LogP) is 4.27. The van der Waals surface area contributed by atoms with Crippen molar-refractivity contribution in [1.29, 1.82) is 0 Å². The Morgan fingerprint density at radius 1 is 1.21 bits per heavy atom. The second-order valence-corrected chi connectivity index (χ2v) is 7.65. The van der Waals surface area contributed by atoms with Gasteiger partial charge in [0, 0.05) is 30.9 Å². The van der Waals surface area contributed by atoms with Crippen LogP contribution in [0.4, 0.5) is 10.2 Å². The van der Waals surface area contributed by atoms with Crippen molar-refractivity contribution in [1.82, 2.24) is 10.3 Å². The standard InChI is InChI=1S/C22H21ClFN3O2/c23-17-12-14(4-6-18(17)24)13-25-22(29)16-8-10-27(11-9-16)20-7-5-15-2-1-3-19(28)21(15)26-20/h1-7,12,16,28H,8-11,13H2,(H,25,29). The first-order chi connectivity index (χ1) is 14.0. The number of fused-ring (bicyclic) bond motifs is 1. The third kappa shape index (κ3) is 4.27. The van der Waals surface area contributed by atoms with E-state index in [1.165, 1.54) is 12.1 Å². The number of nitrogens with zero attached hydrogens (tertiary/aromatic N) is 2. The molecule has 1 aliphatic heterocycles. The Hall–Kier alpha value is -2.86. The first-order valence-corrected chi connectivity index (χ1v) is 9.94. The van der Waals surface area contributed by atoms with Crippen LogP contribution in [0, 0.1) is 11.7 Å². The maximum Gasteiger partial charge on any atom is 0.223 e. The zero-order chi connectivity index (χ0) is 20.4. The number of nitrogens with one attached hydrogen (secondary N) is 1. The van der Waals surface area contributed by atoms with E-state index in [1.807, 2.05) is 18.2 Å². The largest absolute Gasteiger partial charge is 0.506 e. The monoisotopic (exact) mass is 413 g/mol. The van der Waals surface area contributed by atoms with Gasteiger partial charge < -0.3 is 15.3 Å². The van der Waals surface area contributed by atoms with E-state index in [1.54, 1.807) is 18.2 Å². The predicted molar refractivity (Wildman–Crippen MR) is 112 cm³/mol. The average molecular weight is 414 g/mol. The summed E-state index contributed by atoms with van der Waals surface area (Å²) in [5.41, 5.74) is 1.35. The Morgan fingerprint density at radius 2 is 2.00 bits per heavy atom. The molecule has 3 aromatic rings. The molecule has 2 N–H and O–H groups in total. The number of benzene rings is 2. The first kappa shape index (κ1) is 19.5. The molecule has 1 saturated heterocycles. The second kappa shape index (κ2) is 8.25. The number of phenolic OH excluding ortho intramolecular Hbond substituents is 1. The number of carbonyl (C=O) groups is 1. The number of aromatic hydroxyl groups is 1. The summed E-state index contributed by atoms with van der Waals surface area (Å²) in [6, 6.07) is 13.7. The molecule has 0 spiro atoms. The number of hydrogen-bond acceptors (Lipinski definition) is 4. The number of anilines is 1. The molecule has 1 fully saturated rings. The van der Waals surface area contributed by atoms with Crippen LogP contribution in [0.15, 0.2) is 48.5 Å². The molecule has 2 heterocycles. The van der Waals surface area contributed by atoms with Gasteiger partial charge in [-0.15, -0.1) is 0 Å². The summed E-state index contributed by atoms with van der Waals surface area (Å²) < 4.78 is 13.2. The summed E-state index contributed by atoms with van der Waals surface area (Å²) in [5.74, 6) is 0.424. The molecule has 29 heavy (non-hydrogen) atoms. The highest BCUT2D eigenvalue weighted by molar-refractivity contribution is 6.30. The van der Waals surface area contributed by atoms with Crippen molar-refractivity contribution in [3.8, 4) is 5.75 Å². The first-order valence-electron chi connectivity index (χ1n) is 9.56. The van der Waals surface area contributed by atoms with Gasteiger partial charge in [-0.3, -0.25) is 4.79 Å². The number of phenols is 1. The average Bonchev–Trinajstić information content (AvgIpc) is 2.74. The number of pyridine rings is 1. The van der Waals surface area contributed by atoms with Crippen LogP contribution in [0.5, 0.6) is 5.75 Å². The van der Waals surface area contributed by atoms with Crippen molar-refractivity contribution in [3.05, 3.63) is 64.9 Å². The minimum absolute atomic E-state index is 0.00536. The third-order valence-corrected chi connectivity index (χ3v) is 5.61. The minimum atomic E-state index is -0.468. The van der Waals surface area contributed by atoms with Gasteiger partial charge in [-0.1, -0.05) is 29.8 Å². The van der Waals surface area contributed by atoms with Crippen LogP contribution in [0.3, 0.4) is 0 Å². The van der Waals surface area contributed by atoms with Gasteiger partial charge in [0.1, 0.15) is 22.9 Å². The Kier molecular flexibility index (Phi) is 5.53. The summed E-state index contributed by atoms with van der Waals surface area (Å²) in [6.07, 6.45) is 1.44. The molecule has 0 saturated carbocycles. The SMILES string of the molecule is O=C(NCc1ccc(F)c(Cl)c1)C1CCN(c2ccc3cccc(O)c3n2)CC1. The molecule has 0 radical (unpaired) electrons. The topological polar surface area (TPSA) is 65.5 Å². The van der Waals surface area contributed by atoms with Crippen molar-refractivity contribution in [2.45, 2.75) is 19.4 Å². The fourth-order valence-electron chi connectivity index (χ4n) is 3.65. The lowest BCUT2D eigenvalue weighted by molar-refractivity contribution is -0.125. The van der Waals surface area contributed by atoms with E-state index in [0.717, 1.165) is 29.6 Å². The fourth-order valence-corrected chi connectivity index (χ4v) is 3.85. The van der Waals surface area contributed by atoms with Crippen LogP contribution >= 0.6 is 11.6 Å². The maximum absolute atomic E-state index is 13.2. The molecule has 0 aliphatic carbocycles. The van der Waals surface area contributed by atoms with E-state index in [9.17, 15) is 14.3 Å². The van der Waals surface area contributed by atoms with Crippen molar-refractivity contribution >= 4 is 34.2 Å². The molecule has 1 amide bonds. The zero-order valence-corrected chi connectivity index (χ0v) is 16.5. The molecular formula is C22H21ClFN3O2. The molecule has 4 rings (SSSR count). The fraction of sp³-hybridized carbons (Fsp3) is 0.273. The summed E-state index contributed by atoms with van der Waals surface area (Å²) in [5, 5.41) is 13.9. The zero-order valence-electron chi connectivity index (χ0n) is 15.7. The number of hydrogen-bond donors (Lipinski definition) is 2. The van der Waals surface area contributed by atoms with E-state index in [-0.39, 0.29) is 22.6 Å².